The second-order valence-corrected chi connectivity index (χ2v) is 6.34. The van der Waals surface area contributed by atoms with E-state index in [1.54, 1.807) is 4.90 Å². The number of amides is 3. The third-order valence-corrected chi connectivity index (χ3v) is 4.74. The fourth-order valence-corrected chi connectivity index (χ4v) is 3.36. The molecule has 0 aliphatic carbocycles. The lowest BCUT2D eigenvalue weighted by molar-refractivity contribution is 0.0686. The largest absolute Gasteiger partial charge is 0.339 e. The summed E-state index contributed by atoms with van der Waals surface area (Å²) >= 11 is 0. The summed E-state index contributed by atoms with van der Waals surface area (Å²) in [5.41, 5.74) is 0.596. The van der Waals surface area contributed by atoms with Crippen LogP contribution in [0.1, 0.15) is 23.2 Å². The van der Waals surface area contributed by atoms with Gasteiger partial charge in [0.2, 0.25) is 0 Å². The molecule has 25 heavy (non-hydrogen) atoms. The Labute approximate surface area is 153 Å². The Hall–Kier alpha value is -1.86. The molecular formula is C17H24ClFN4O2. The zero-order chi connectivity index (χ0) is 17.1. The minimum atomic E-state index is -0.541. The first-order chi connectivity index (χ1) is 11.6. The quantitative estimate of drug-likeness (QED) is 0.850. The molecule has 0 atom stereocenters. The molecule has 6 nitrogen and oxygen atoms in total. The smallest absolute Gasteiger partial charge is 0.321 e. The Morgan fingerprint density at radius 2 is 2.04 bits per heavy atom. The van der Waals surface area contributed by atoms with Gasteiger partial charge < -0.3 is 15.5 Å². The second-order valence-electron chi connectivity index (χ2n) is 6.34. The topological polar surface area (TPSA) is 64.7 Å². The van der Waals surface area contributed by atoms with Gasteiger partial charge in [-0.25, -0.2) is 9.18 Å². The highest BCUT2D eigenvalue weighted by Crippen LogP contribution is 2.24. The van der Waals surface area contributed by atoms with Crippen molar-refractivity contribution in [2.24, 2.45) is 5.92 Å². The Morgan fingerprint density at radius 3 is 2.64 bits per heavy atom. The molecule has 0 unspecified atom stereocenters. The minimum absolute atomic E-state index is 0. The Kier molecular flexibility index (Phi) is 6.61. The number of nitrogens with zero attached hydrogens (tertiary/aromatic N) is 2. The molecule has 138 valence electrons. The molecule has 2 N–H and O–H groups in total. The molecule has 2 aliphatic rings. The van der Waals surface area contributed by atoms with Gasteiger partial charge in [0.15, 0.2) is 0 Å². The average Bonchev–Trinajstić information content (AvgIpc) is 3.02. The maximum Gasteiger partial charge on any atom is 0.321 e. The molecule has 0 saturated carbocycles. The third kappa shape index (κ3) is 4.22. The van der Waals surface area contributed by atoms with Gasteiger partial charge in [-0.2, -0.15) is 0 Å². The van der Waals surface area contributed by atoms with Crippen LogP contribution in [-0.4, -0.2) is 56.6 Å². The Morgan fingerprint density at radius 1 is 1.32 bits per heavy atom. The monoisotopic (exact) mass is 370 g/mol. The highest BCUT2D eigenvalue weighted by Gasteiger charge is 2.27. The lowest BCUT2D eigenvalue weighted by Gasteiger charge is -2.32. The van der Waals surface area contributed by atoms with Crippen molar-refractivity contribution in [2.45, 2.75) is 12.8 Å². The molecule has 0 bridgehead atoms. The van der Waals surface area contributed by atoms with Gasteiger partial charge >= 0.3 is 6.03 Å². The van der Waals surface area contributed by atoms with E-state index in [0.717, 1.165) is 19.4 Å². The van der Waals surface area contributed by atoms with Gasteiger partial charge in [0.05, 0.1) is 5.56 Å². The number of benzene rings is 1. The lowest BCUT2D eigenvalue weighted by Crippen LogP contribution is -2.40. The first-order valence-electron chi connectivity index (χ1n) is 8.39. The van der Waals surface area contributed by atoms with Crippen molar-refractivity contribution in [3.63, 3.8) is 0 Å². The summed E-state index contributed by atoms with van der Waals surface area (Å²) in [5.74, 6) is -0.277. The van der Waals surface area contributed by atoms with Gasteiger partial charge in [-0.15, -0.1) is 12.4 Å². The first kappa shape index (κ1) is 19.5. The molecule has 0 spiro atoms. The van der Waals surface area contributed by atoms with Crippen LogP contribution in [0.2, 0.25) is 0 Å². The number of nitrogens with one attached hydrogen (secondary N) is 2. The molecule has 1 aromatic rings. The van der Waals surface area contributed by atoms with Crippen LogP contribution < -0.4 is 15.5 Å². The highest BCUT2D eigenvalue weighted by molar-refractivity contribution is 5.98. The lowest BCUT2D eigenvalue weighted by atomic mass is 9.96. The minimum Gasteiger partial charge on any atom is -0.339 e. The van der Waals surface area contributed by atoms with Gasteiger partial charge in [0, 0.05) is 31.9 Å². The van der Waals surface area contributed by atoms with E-state index >= 15 is 0 Å². The van der Waals surface area contributed by atoms with Crippen LogP contribution in [0, 0.1) is 11.7 Å². The van der Waals surface area contributed by atoms with E-state index in [-0.39, 0.29) is 29.9 Å². The van der Waals surface area contributed by atoms with E-state index in [9.17, 15) is 14.0 Å². The summed E-state index contributed by atoms with van der Waals surface area (Å²) in [6.07, 6.45) is 1.84. The normalized spacial score (nSPS) is 18.1. The molecule has 2 heterocycles. The predicted octanol–water partition coefficient (Wildman–Crippen LogP) is 1.85. The summed E-state index contributed by atoms with van der Waals surface area (Å²) in [4.78, 5) is 27.7. The molecule has 2 saturated heterocycles. The molecule has 8 heteroatoms. The van der Waals surface area contributed by atoms with Gasteiger partial charge in [-0.3, -0.25) is 9.69 Å². The molecule has 3 rings (SSSR count). The van der Waals surface area contributed by atoms with Crippen molar-refractivity contribution >= 4 is 30.0 Å². The van der Waals surface area contributed by atoms with Crippen LogP contribution in [0.3, 0.4) is 0 Å². The van der Waals surface area contributed by atoms with Crippen molar-refractivity contribution in [3.8, 4) is 0 Å². The van der Waals surface area contributed by atoms with Crippen molar-refractivity contribution in [3.05, 3.63) is 29.6 Å². The van der Waals surface area contributed by atoms with Crippen LogP contribution in [0.25, 0.3) is 0 Å². The predicted molar refractivity (Wildman–Crippen MR) is 96.9 cm³/mol. The molecule has 1 aromatic carbocycles. The molecule has 0 aromatic heterocycles. The fourth-order valence-electron chi connectivity index (χ4n) is 3.36. The molecule has 3 amide bonds. The summed E-state index contributed by atoms with van der Waals surface area (Å²) in [5, 5.41) is 5.86. The van der Waals surface area contributed by atoms with Gasteiger partial charge in [-0.1, -0.05) is 0 Å². The third-order valence-electron chi connectivity index (χ3n) is 4.74. The number of anilines is 1. The van der Waals surface area contributed by atoms with E-state index in [4.69, 9.17) is 0 Å². The van der Waals surface area contributed by atoms with Crippen LogP contribution in [-0.2, 0) is 0 Å². The maximum absolute atomic E-state index is 14.2. The standard InChI is InChI=1S/C17H23FN4O2.ClH/c1-19-11-12-4-7-21(8-5-12)16(23)14-10-13(2-3-15(14)18)22-9-6-20-17(22)24;/h2-3,10,12,19H,4-9,11H2,1H3,(H,20,24);1H. The molecule has 2 aliphatic heterocycles. The second kappa shape index (κ2) is 8.49. The summed E-state index contributed by atoms with van der Waals surface area (Å²) in [6, 6.07) is 4.08. The van der Waals surface area contributed by atoms with Crippen LogP contribution in [0.15, 0.2) is 18.2 Å². The van der Waals surface area contributed by atoms with E-state index in [0.29, 0.717) is 37.8 Å². The maximum atomic E-state index is 14.2. The number of piperidine rings is 1. The molecule has 0 radical (unpaired) electrons. The van der Waals surface area contributed by atoms with Crippen molar-refractivity contribution < 1.29 is 14.0 Å². The van der Waals surface area contributed by atoms with Gasteiger partial charge in [-0.05, 0) is 50.6 Å². The van der Waals surface area contributed by atoms with Crippen molar-refractivity contribution in [1.82, 2.24) is 15.5 Å². The zero-order valence-electron chi connectivity index (χ0n) is 14.3. The van der Waals surface area contributed by atoms with Crippen LogP contribution in [0.5, 0.6) is 0 Å². The van der Waals surface area contributed by atoms with Crippen LogP contribution in [0.4, 0.5) is 14.9 Å². The zero-order valence-corrected chi connectivity index (χ0v) is 15.1. The van der Waals surface area contributed by atoms with Crippen molar-refractivity contribution in [1.29, 1.82) is 0 Å². The Balaban J connectivity index is 0.00000225. The first-order valence-corrected chi connectivity index (χ1v) is 8.39. The number of urea groups is 1. The number of carbonyl (C=O) groups is 2. The molecule has 2 fully saturated rings. The van der Waals surface area contributed by atoms with E-state index in [2.05, 4.69) is 10.6 Å². The van der Waals surface area contributed by atoms with E-state index < -0.39 is 5.82 Å². The summed E-state index contributed by atoms with van der Waals surface area (Å²) < 4.78 is 14.2. The van der Waals surface area contributed by atoms with Crippen LogP contribution >= 0.6 is 12.4 Å². The highest BCUT2D eigenvalue weighted by atomic mass is 35.5. The molecular weight excluding hydrogens is 347 g/mol. The summed E-state index contributed by atoms with van der Waals surface area (Å²) in [6.45, 7) is 3.29. The summed E-state index contributed by atoms with van der Waals surface area (Å²) in [7, 11) is 1.92. The average molecular weight is 371 g/mol. The Bertz CT molecular complexity index is 635. The number of likely N-dealkylation sites (tertiary alicyclic amines) is 1. The van der Waals surface area contributed by atoms with Gasteiger partial charge in [0.1, 0.15) is 5.82 Å². The van der Waals surface area contributed by atoms with E-state index in [1.807, 2.05) is 7.05 Å². The van der Waals surface area contributed by atoms with Crippen molar-refractivity contribution in [2.75, 3.05) is 44.7 Å². The van der Waals surface area contributed by atoms with E-state index in [1.165, 1.54) is 23.1 Å². The fraction of sp³-hybridized carbons (Fsp3) is 0.529. The number of rotatable bonds is 4. The number of hydrogen-bond acceptors (Lipinski definition) is 3. The van der Waals surface area contributed by atoms with Gasteiger partial charge in [0.25, 0.3) is 5.91 Å². The number of carbonyl (C=O) groups excluding carboxylic acids is 2. The SMILES string of the molecule is CNCC1CCN(C(=O)c2cc(N3CCNC3=O)ccc2F)CC1.Cl. The number of hydrogen-bond donors (Lipinski definition) is 2. The number of halogens is 2.